The summed E-state index contributed by atoms with van der Waals surface area (Å²) in [6, 6.07) is 0. The Hall–Kier alpha value is -0.827. The maximum atomic E-state index is 7.75. The van der Waals surface area contributed by atoms with Gasteiger partial charge in [0, 0.05) is 18.9 Å². The molecule has 0 aliphatic heterocycles. The molecule has 93 valence electrons. The van der Waals surface area contributed by atoms with Crippen LogP contribution in [0.15, 0.2) is 18.7 Å². The Morgan fingerprint density at radius 1 is 1.19 bits per heavy atom. The topological polar surface area (TPSA) is 52.0 Å². The molecular weight excluding hydrogens is 293 g/mol. The maximum Gasteiger partial charge on any atom is 3.00 e. The Balaban J connectivity index is -0.0000000702. The molecule has 0 fully saturated rings. The molecule has 0 aliphatic carbocycles. The number of nitrogens with zero attached hydrogens (tertiary/aromatic N) is 2. The molecule has 1 heterocycles. The first-order valence-electron chi connectivity index (χ1n) is 4.36. The second-order valence-electron chi connectivity index (χ2n) is 2.89. The molecule has 0 N–H and O–H groups in total. The van der Waals surface area contributed by atoms with Gasteiger partial charge in [0.15, 0.2) is 0 Å². The van der Waals surface area contributed by atoms with Crippen molar-refractivity contribution in [2.45, 2.75) is 34.2 Å². The van der Waals surface area contributed by atoms with E-state index in [1.165, 1.54) is 5.92 Å². The van der Waals surface area contributed by atoms with Gasteiger partial charge in [-0.2, -0.15) is 20.8 Å². The van der Waals surface area contributed by atoms with E-state index in [1.54, 1.807) is 12.5 Å². The van der Waals surface area contributed by atoms with Gasteiger partial charge in [-0.25, -0.2) is 4.98 Å². The first-order chi connectivity index (χ1) is 7.16. The molecule has 0 saturated carbocycles. The van der Waals surface area contributed by atoms with E-state index in [0.29, 0.717) is 0 Å². The van der Waals surface area contributed by atoms with Crippen molar-refractivity contribution in [2.24, 2.45) is 0 Å². The molecule has 0 spiro atoms. The van der Waals surface area contributed by atoms with Crippen molar-refractivity contribution >= 4 is 13.6 Å². The number of aryl methyl sites for hydroxylation is 1. The summed E-state index contributed by atoms with van der Waals surface area (Å²) in [6.07, 6.45) is 5.53. The summed E-state index contributed by atoms with van der Waals surface area (Å²) in [5.41, 5.74) is 0. The van der Waals surface area contributed by atoms with Crippen LogP contribution in [0.5, 0.6) is 0 Å². The Bertz CT molecular complexity index is 187. The molecule has 1 aromatic heterocycles. The summed E-state index contributed by atoms with van der Waals surface area (Å²) in [5.74, 6) is 1.42. The Morgan fingerprint density at radius 3 is 1.69 bits per heavy atom. The van der Waals surface area contributed by atoms with Crippen molar-refractivity contribution in [1.29, 1.82) is 0 Å². The van der Waals surface area contributed by atoms with E-state index in [1.807, 2.05) is 10.8 Å². The zero-order chi connectivity index (χ0) is 12.7. The zero-order valence-corrected chi connectivity index (χ0v) is 11.9. The molecule has 0 bridgehead atoms. The minimum Gasteiger partial charge on any atom is -0.545 e. The maximum absolute atomic E-state index is 7.75. The quantitative estimate of drug-likeness (QED) is 0.452. The van der Waals surface area contributed by atoms with Gasteiger partial charge >= 0.3 is 19.5 Å². The number of hydrogen-bond acceptors (Lipinski definition) is 3. The van der Waals surface area contributed by atoms with Gasteiger partial charge in [-0.3, -0.25) is 13.6 Å². The second-order valence-corrected chi connectivity index (χ2v) is 2.89. The molecule has 4 nitrogen and oxygen atoms in total. The predicted molar refractivity (Wildman–Crippen MR) is 61.7 cm³/mol. The molecule has 5 heteroatoms. The van der Waals surface area contributed by atoms with Crippen LogP contribution in [0.25, 0.3) is 0 Å². The minimum atomic E-state index is 0. The summed E-state index contributed by atoms with van der Waals surface area (Å²) >= 11 is 0. The van der Waals surface area contributed by atoms with E-state index in [-0.39, 0.29) is 19.5 Å². The van der Waals surface area contributed by atoms with Crippen LogP contribution in [-0.2, 0) is 35.6 Å². The van der Waals surface area contributed by atoms with Crippen LogP contribution in [0.1, 0.15) is 27.7 Å². The third-order valence-corrected chi connectivity index (χ3v) is 0.924. The molecule has 16 heavy (non-hydrogen) atoms. The van der Waals surface area contributed by atoms with Crippen LogP contribution in [0.3, 0.4) is 0 Å². The van der Waals surface area contributed by atoms with Crippen molar-refractivity contribution in [3.63, 3.8) is 0 Å². The molecule has 1 aromatic rings. The SMILES string of the molecule is CCn1ccnc1.C[C-](C)C.[CH-]=O.[CH-]=O.[Ru+3]. The number of aromatic nitrogens is 2. The number of rotatable bonds is 1. The van der Waals surface area contributed by atoms with Crippen LogP contribution in [-0.4, -0.2) is 23.1 Å². The first kappa shape index (κ1) is 24.4. The Labute approximate surface area is 111 Å². The van der Waals surface area contributed by atoms with Gasteiger partial charge in [-0.05, 0) is 6.92 Å². The Morgan fingerprint density at radius 2 is 1.56 bits per heavy atom. The van der Waals surface area contributed by atoms with E-state index in [0.717, 1.165) is 6.54 Å². The second kappa shape index (κ2) is 23.8. The molecule has 0 atom stereocenters. The monoisotopic (exact) mass is 313 g/mol. The molecule has 0 saturated heterocycles. The van der Waals surface area contributed by atoms with Gasteiger partial charge in [0.25, 0.3) is 0 Å². The van der Waals surface area contributed by atoms with Gasteiger partial charge in [0.05, 0.1) is 6.33 Å². The van der Waals surface area contributed by atoms with E-state index in [9.17, 15) is 0 Å². The normalized spacial score (nSPS) is 6.81. The number of imidazole rings is 1. The molecule has 0 aliphatic rings. The first-order valence-corrected chi connectivity index (χ1v) is 4.36. The van der Waals surface area contributed by atoms with Gasteiger partial charge in [0.1, 0.15) is 0 Å². The summed E-state index contributed by atoms with van der Waals surface area (Å²) in [4.78, 5) is 19.4. The fourth-order valence-electron chi connectivity index (χ4n) is 0.474. The molecule has 0 aromatic carbocycles. The molecule has 0 unspecified atom stereocenters. The van der Waals surface area contributed by atoms with Gasteiger partial charge < -0.3 is 20.1 Å². The van der Waals surface area contributed by atoms with E-state index in [4.69, 9.17) is 9.59 Å². The van der Waals surface area contributed by atoms with E-state index in [2.05, 4.69) is 46.3 Å². The summed E-state index contributed by atoms with van der Waals surface area (Å²) in [7, 11) is 0. The third kappa shape index (κ3) is 29.2. The van der Waals surface area contributed by atoms with Crippen LogP contribution < -0.4 is 0 Å². The minimum absolute atomic E-state index is 0. The smallest absolute Gasteiger partial charge is 0.545 e. The molecular formula is C11H19N2O2Ru. The average Bonchev–Trinajstić information content (AvgIpc) is 2.75. The van der Waals surface area contributed by atoms with Gasteiger partial charge in [-0.15, -0.1) is 0 Å². The predicted octanol–water partition coefficient (Wildman–Crippen LogP) is 1.97. The average molecular weight is 312 g/mol. The van der Waals surface area contributed by atoms with E-state index >= 15 is 0 Å². The molecule has 0 amide bonds. The van der Waals surface area contributed by atoms with Crippen molar-refractivity contribution in [1.82, 2.24) is 9.55 Å². The standard InChI is InChI=1S/C5H8N2.C4H9.2CHO.Ru/c1-2-7-4-3-6-5-7;1-4(2)3;2*1-2;/h3-5H,2H2,1H3;1-3H3;2*1H;/q;3*-1;+3. The summed E-state index contributed by atoms with van der Waals surface area (Å²) in [6.45, 7) is 15.8. The fourth-order valence-corrected chi connectivity index (χ4v) is 0.474. The van der Waals surface area contributed by atoms with E-state index < -0.39 is 0 Å². The van der Waals surface area contributed by atoms with Crippen LogP contribution in [0, 0.1) is 5.92 Å². The van der Waals surface area contributed by atoms with Crippen molar-refractivity contribution < 1.29 is 29.1 Å². The largest absolute Gasteiger partial charge is 3.00 e. The van der Waals surface area contributed by atoms with Crippen molar-refractivity contribution in [2.75, 3.05) is 0 Å². The van der Waals surface area contributed by atoms with Crippen LogP contribution >= 0.6 is 0 Å². The number of carbonyl (C=O) groups excluding carboxylic acids is 2. The summed E-state index contributed by atoms with van der Waals surface area (Å²) in [5, 5.41) is 0. The van der Waals surface area contributed by atoms with Crippen LogP contribution in [0.2, 0.25) is 0 Å². The summed E-state index contributed by atoms with van der Waals surface area (Å²) < 4.78 is 2.01. The van der Waals surface area contributed by atoms with Gasteiger partial charge in [0.2, 0.25) is 0 Å². The third-order valence-electron chi connectivity index (χ3n) is 0.924. The molecule has 1 radical (unpaired) electrons. The van der Waals surface area contributed by atoms with Crippen molar-refractivity contribution in [3.05, 3.63) is 24.6 Å². The fraction of sp³-hybridized carbons (Fsp3) is 0.455. The number of hydrogen-bond donors (Lipinski definition) is 0. The zero-order valence-electron chi connectivity index (χ0n) is 10.2. The van der Waals surface area contributed by atoms with Crippen LogP contribution in [0.4, 0.5) is 0 Å². The van der Waals surface area contributed by atoms with Gasteiger partial charge in [-0.1, -0.05) is 0 Å². The van der Waals surface area contributed by atoms with Crippen molar-refractivity contribution in [3.8, 4) is 0 Å². The molecule has 1 rings (SSSR count). The Kier molecular flexibility index (Phi) is 36.3.